The topological polar surface area (TPSA) is 51.4 Å². The molecule has 1 fully saturated rings. The van der Waals surface area contributed by atoms with Crippen LogP contribution >= 0.6 is 11.5 Å². The predicted octanol–water partition coefficient (Wildman–Crippen LogP) is 3.53. The lowest BCUT2D eigenvalue weighted by molar-refractivity contribution is 0.244. The molecule has 0 saturated heterocycles. The molecule has 0 spiro atoms. The molecule has 1 heterocycles. The first-order valence-corrected chi connectivity index (χ1v) is 7.91. The molecular weight excluding hydrogens is 258 g/mol. The minimum Gasteiger partial charge on any atom is -0.484 e. The van der Waals surface area contributed by atoms with E-state index in [-0.39, 0.29) is 6.10 Å². The fraction of sp³-hybridized carbons (Fsp3) is 0.786. The van der Waals surface area contributed by atoms with E-state index in [0.29, 0.717) is 11.9 Å². The summed E-state index contributed by atoms with van der Waals surface area (Å²) in [4.78, 5) is 2.32. The number of aromatic nitrogens is 1. The van der Waals surface area contributed by atoms with Gasteiger partial charge >= 0.3 is 0 Å². The number of nitrogens with zero attached hydrogens (tertiary/aromatic N) is 2. The van der Waals surface area contributed by atoms with Crippen molar-refractivity contribution in [2.75, 3.05) is 17.7 Å². The van der Waals surface area contributed by atoms with Gasteiger partial charge in [0.25, 0.3) is 0 Å². The number of anilines is 2. The first kappa shape index (κ1) is 14.4. The van der Waals surface area contributed by atoms with Gasteiger partial charge in [0.15, 0.2) is 16.6 Å². The molecule has 1 aromatic rings. The van der Waals surface area contributed by atoms with Crippen LogP contribution in [0.4, 0.5) is 10.8 Å². The van der Waals surface area contributed by atoms with Gasteiger partial charge < -0.3 is 15.4 Å². The Labute approximate surface area is 120 Å². The fourth-order valence-electron chi connectivity index (χ4n) is 2.78. The van der Waals surface area contributed by atoms with E-state index in [1.807, 2.05) is 13.8 Å². The minimum absolute atomic E-state index is 0.121. The van der Waals surface area contributed by atoms with Crippen molar-refractivity contribution in [3.05, 3.63) is 0 Å². The lowest BCUT2D eigenvalue weighted by Crippen LogP contribution is -2.35. The second-order valence-electron chi connectivity index (χ2n) is 5.91. The molecule has 1 saturated carbocycles. The molecule has 1 aliphatic carbocycles. The molecule has 0 amide bonds. The quantitative estimate of drug-likeness (QED) is 0.918. The minimum atomic E-state index is 0.121. The van der Waals surface area contributed by atoms with E-state index < -0.39 is 0 Å². The van der Waals surface area contributed by atoms with Crippen molar-refractivity contribution in [1.82, 2.24) is 4.37 Å². The summed E-state index contributed by atoms with van der Waals surface area (Å²) in [6.07, 6.45) is 5.28. The number of hydrogen-bond acceptors (Lipinski definition) is 5. The van der Waals surface area contributed by atoms with Crippen LogP contribution in [0.15, 0.2) is 0 Å². The molecule has 1 aliphatic rings. The summed E-state index contributed by atoms with van der Waals surface area (Å²) in [6, 6.07) is 0.582. The summed E-state index contributed by atoms with van der Waals surface area (Å²) < 4.78 is 10.1. The van der Waals surface area contributed by atoms with Gasteiger partial charge in [-0.3, -0.25) is 0 Å². The van der Waals surface area contributed by atoms with Crippen molar-refractivity contribution in [3.8, 4) is 5.75 Å². The highest BCUT2D eigenvalue weighted by molar-refractivity contribution is 7.11. The SMILES string of the molecule is CC1CCCC(N(C)c2snc(N)c2OC(C)C)C1. The van der Waals surface area contributed by atoms with Crippen LogP contribution in [0.25, 0.3) is 0 Å². The average molecular weight is 283 g/mol. The maximum absolute atomic E-state index is 5.93. The molecule has 4 nitrogen and oxygen atoms in total. The van der Waals surface area contributed by atoms with Gasteiger partial charge in [0.1, 0.15) is 0 Å². The maximum atomic E-state index is 5.93. The standard InChI is InChI=1S/C14H25N3OS/c1-9(2)18-12-13(15)16-19-14(12)17(4)11-7-5-6-10(3)8-11/h9-11H,5-8H2,1-4H3,(H2,15,16). The van der Waals surface area contributed by atoms with Crippen LogP contribution in [-0.2, 0) is 0 Å². The summed E-state index contributed by atoms with van der Waals surface area (Å²) in [5.74, 6) is 2.09. The van der Waals surface area contributed by atoms with Gasteiger partial charge in [-0.05, 0) is 44.1 Å². The van der Waals surface area contributed by atoms with Gasteiger partial charge in [-0.15, -0.1) is 0 Å². The highest BCUT2D eigenvalue weighted by Gasteiger charge is 2.27. The van der Waals surface area contributed by atoms with Gasteiger partial charge in [-0.2, -0.15) is 4.37 Å². The molecule has 0 aromatic carbocycles. The average Bonchev–Trinajstić information content (AvgIpc) is 2.70. The van der Waals surface area contributed by atoms with E-state index in [2.05, 4.69) is 23.2 Å². The van der Waals surface area contributed by atoms with Gasteiger partial charge in [0, 0.05) is 13.1 Å². The Morgan fingerprint density at radius 2 is 2.16 bits per heavy atom. The Kier molecular flexibility index (Phi) is 4.55. The van der Waals surface area contributed by atoms with Crippen molar-refractivity contribution < 1.29 is 4.74 Å². The zero-order chi connectivity index (χ0) is 14.0. The van der Waals surface area contributed by atoms with Crippen LogP contribution in [0.5, 0.6) is 5.75 Å². The molecule has 0 radical (unpaired) electrons. The largest absolute Gasteiger partial charge is 0.484 e. The highest BCUT2D eigenvalue weighted by Crippen LogP contribution is 2.41. The zero-order valence-electron chi connectivity index (χ0n) is 12.3. The number of nitrogens with two attached hydrogens (primary N) is 1. The molecule has 2 rings (SSSR count). The third-order valence-electron chi connectivity index (χ3n) is 3.79. The van der Waals surface area contributed by atoms with Crippen LogP contribution in [0, 0.1) is 5.92 Å². The van der Waals surface area contributed by atoms with Crippen LogP contribution in [0.1, 0.15) is 46.5 Å². The van der Waals surface area contributed by atoms with E-state index in [9.17, 15) is 0 Å². The van der Waals surface area contributed by atoms with Crippen molar-refractivity contribution in [2.24, 2.45) is 5.92 Å². The first-order valence-electron chi connectivity index (χ1n) is 7.13. The summed E-state index contributed by atoms with van der Waals surface area (Å²) in [5.41, 5.74) is 5.93. The second kappa shape index (κ2) is 5.99. The Bertz CT molecular complexity index is 419. The number of ether oxygens (including phenoxy) is 1. The summed E-state index contributed by atoms with van der Waals surface area (Å²) in [5, 5.41) is 1.07. The van der Waals surface area contributed by atoms with Crippen molar-refractivity contribution >= 4 is 22.4 Å². The Morgan fingerprint density at radius 3 is 2.79 bits per heavy atom. The molecule has 2 unspecified atom stereocenters. The molecule has 5 heteroatoms. The zero-order valence-corrected chi connectivity index (χ0v) is 13.2. The normalized spacial score (nSPS) is 23.6. The Morgan fingerprint density at radius 1 is 1.42 bits per heavy atom. The molecule has 0 aliphatic heterocycles. The van der Waals surface area contributed by atoms with Crippen molar-refractivity contribution in [2.45, 2.75) is 58.6 Å². The van der Waals surface area contributed by atoms with E-state index in [4.69, 9.17) is 10.5 Å². The molecule has 2 N–H and O–H groups in total. The first-order chi connectivity index (χ1) is 8.99. The van der Waals surface area contributed by atoms with Gasteiger partial charge in [-0.1, -0.05) is 19.8 Å². The van der Waals surface area contributed by atoms with Crippen LogP contribution < -0.4 is 15.4 Å². The third kappa shape index (κ3) is 3.32. The van der Waals surface area contributed by atoms with E-state index >= 15 is 0 Å². The molecule has 19 heavy (non-hydrogen) atoms. The molecule has 2 atom stereocenters. The van der Waals surface area contributed by atoms with E-state index in [1.165, 1.54) is 37.2 Å². The molecule has 108 valence electrons. The van der Waals surface area contributed by atoms with E-state index in [1.54, 1.807) is 0 Å². The van der Waals surface area contributed by atoms with Gasteiger partial charge in [0.05, 0.1) is 6.10 Å². The third-order valence-corrected chi connectivity index (χ3v) is 4.72. The smallest absolute Gasteiger partial charge is 0.198 e. The number of rotatable bonds is 4. The summed E-state index contributed by atoms with van der Waals surface area (Å²) in [6.45, 7) is 6.37. The number of hydrogen-bond donors (Lipinski definition) is 1. The monoisotopic (exact) mass is 283 g/mol. The van der Waals surface area contributed by atoms with Gasteiger partial charge in [-0.25, -0.2) is 0 Å². The Balaban J connectivity index is 2.16. The van der Waals surface area contributed by atoms with Crippen LogP contribution in [0.3, 0.4) is 0 Å². The van der Waals surface area contributed by atoms with Gasteiger partial charge in [0.2, 0.25) is 0 Å². The molecule has 1 aromatic heterocycles. The molecular formula is C14H25N3OS. The van der Waals surface area contributed by atoms with Crippen molar-refractivity contribution in [1.29, 1.82) is 0 Å². The lowest BCUT2D eigenvalue weighted by atomic mass is 9.86. The fourth-order valence-corrected chi connectivity index (χ4v) is 3.56. The molecule has 0 bridgehead atoms. The summed E-state index contributed by atoms with van der Waals surface area (Å²) in [7, 11) is 2.14. The predicted molar refractivity (Wildman–Crippen MR) is 82.1 cm³/mol. The number of nitrogen functional groups attached to an aromatic ring is 1. The summed E-state index contributed by atoms with van der Waals surface area (Å²) >= 11 is 1.45. The highest BCUT2D eigenvalue weighted by atomic mass is 32.1. The van der Waals surface area contributed by atoms with E-state index in [0.717, 1.165) is 16.7 Å². The lowest BCUT2D eigenvalue weighted by Gasteiger charge is -2.34. The van der Waals surface area contributed by atoms with Crippen molar-refractivity contribution in [3.63, 3.8) is 0 Å². The van der Waals surface area contributed by atoms with Crippen LogP contribution in [0.2, 0.25) is 0 Å². The second-order valence-corrected chi connectivity index (χ2v) is 6.66. The Hall–Kier alpha value is -0.970. The van der Waals surface area contributed by atoms with Crippen LogP contribution in [-0.4, -0.2) is 23.6 Å². The maximum Gasteiger partial charge on any atom is 0.198 e.